The lowest BCUT2D eigenvalue weighted by atomic mass is 10.1. The second-order valence-electron chi connectivity index (χ2n) is 5.03. The van der Waals surface area contributed by atoms with E-state index < -0.39 is 0 Å². The molecule has 21 heavy (non-hydrogen) atoms. The smallest absolute Gasteiger partial charge is 0.138 e. The van der Waals surface area contributed by atoms with Crippen molar-refractivity contribution < 1.29 is 5.11 Å². The number of nitrogens with zero attached hydrogens (tertiary/aromatic N) is 3. The maximum Gasteiger partial charge on any atom is 0.138 e. The van der Waals surface area contributed by atoms with E-state index in [9.17, 15) is 5.11 Å². The first-order valence-corrected chi connectivity index (χ1v) is 6.72. The molecule has 3 rings (SSSR count). The van der Waals surface area contributed by atoms with Gasteiger partial charge in [0.25, 0.3) is 0 Å². The monoisotopic (exact) mass is 280 g/mol. The lowest BCUT2D eigenvalue weighted by molar-refractivity contribution is 0.411. The van der Waals surface area contributed by atoms with Crippen molar-refractivity contribution in [3.63, 3.8) is 0 Å². The molecule has 2 aromatic rings. The first-order valence-electron chi connectivity index (χ1n) is 6.72. The Morgan fingerprint density at radius 2 is 1.86 bits per heavy atom. The number of aryl methyl sites for hydroxylation is 2. The van der Waals surface area contributed by atoms with Crippen LogP contribution in [-0.2, 0) is 0 Å². The molecule has 1 aromatic carbocycles. The van der Waals surface area contributed by atoms with Crippen LogP contribution < -0.4 is 4.90 Å². The number of nitrogens with one attached hydrogen (secondary N) is 1. The molecule has 1 aliphatic rings. The van der Waals surface area contributed by atoms with Gasteiger partial charge in [-0.3, -0.25) is 5.41 Å². The van der Waals surface area contributed by atoms with Gasteiger partial charge < -0.3 is 10.0 Å². The number of hydrogen-bond donors (Lipinski definition) is 2. The van der Waals surface area contributed by atoms with Crippen molar-refractivity contribution in [2.24, 2.45) is 0 Å². The third kappa shape index (κ3) is 2.38. The third-order valence-corrected chi connectivity index (χ3v) is 3.39. The molecule has 0 saturated heterocycles. The fraction of sp³-hybridized carbons (Fsp3) is 0.188. The van der Waals surface area contributed by atoms with E-state index >= 15 is 0 Å². The minimum absolute atomic E-state index is 0.168. The molecule has 0 unspecified atom stereocenters. The van der Waals surface area contributed by atoms with Crippen LogP contribution >= 0.6 is 0 Å². The summed E-state index contributed by atoms with van der Waals surface area (Å²) in [5, 5.41) is 18.6. The summed E-state index contributed by atoms with van der Waals surface area (Å²) in [6.45, 7) is 3.98. The number of anilines is 1. The van der Waals surface area contributed by atoms with E-state index in [1.807, 2.05) is 44.2 Å². The van der Waals surface area contributed by atoms with Crippen LogP contribution in [0.15, 0.2) is 42.2 Å². The minimum Gasteiger partial charge on any atom is -0.510 e. The third-order valence-electron chi connectivity index (χ3n) is 3.39. The zero-order chi connectivity index (χ0) is 15.0. The normalized spacial score (nSPS) is 15.0. The van der Waals surface area contributed by atoms with E-state index in [4.69, 9.17) is 5.41 Å². The number of aliphatic hydroxyl groups excluding tert-OH is 1. The Hall–Kier alpha value is -2.69. The number of para-hydroxylation sites is 1. The van der Waals surface area contributed by atoms with Crippen molar-refractivity contribution in [2.75, 3.05) is 11.4 Å². The fourth-order valence-corrected chi connectivity index (χ4v) is 2.52. The highest BCUT2D eigenvalue weighted by Crippen LogP contribution is 2.30. The van der Waals surface area contributed by atoms with Gasteiger partial charge in [-0.05, 0) is 32.0 Å². The van der Waals surface area contributed by atoms with Crippen LogP contribution in [0.1, 0.15) is 17.2 Å². The topological polar surface area (TPSA) is 73.1 Å². The van der Waals surface area contributed by atoms with Crippen LogP contribution in [0.5, 0.6) is 0 Å². The maximum atomic E-state index is 10.3. The highest BCUT2D eigenvalue weighted by molar-refractivity contribution is 6.30. The SMILES string of the molecule is Cc1cc(C2=C(O)CN(c3ccccc3)C2=N)nc(C)n1. The molecular weight excluding hydrogens is 264 g/mol. The zero-order valence-corrected chi connectivity index (χ0v) is 12.0. The highest BCUT2D eigenvalue weighted by atomic mass is 16.3. The van der Waals surface area contributed by atoms with Crippen LogP contribution in [-0.4, -0.2) is 27.5 Å². The maximum absolute atomic E-state index is 10.3. The van der Waals surface area contributed by atoms with E-state index in [0.717, 1.165) is 11.4 Å². The van der Waals surface area contributed by atoms with Crippen molar-refractivity contribution in [1.82, 2.24) is 9.97 Å². The van der Waals surface area contributed by atoms with Crippen LogP contribution in [0.25, 0.3) is 5.57 Å². The largest absolute Gasteiger partial charge is 0.510 e. The predicted octanol–water partition coefficient (Wildman–Crippen LogP) is 2.86. The van der Waals surface area contributed by atoms with Crippen molar-refractivity contribution in [3.8, 4) is 0 Å². The molecule has 5 nitrogen and oxygen atoms in total. The van der Waals surface area contributed by atoms with Crippen molar-refractivity contribution in [1.29, 1.82) is 5.41 Å². The molecule has 1 aliphatic heterocycles. The Kier molecular flexibility index (Phi) is 3.17. The molecule has 0 saturated carbocycles. The molecule has 0 radical (unpaired) electrons. The molecule has 0 bridgehead atoms. The molecule has 106 valence electrons. The van der Waals surface area contributed by atoms with Crippen LogP contribution in [0.2, 0.25) is 0 Å². The number of hydrogen-bond acceptors (Lipinski definition) is 4. The molecule has 1 aromatic heterocycles. The zero-order valence-electron chi connectivity index (χ0n) is 12.0. The summed E-state index contributed by atoms with van der Waals surface area (Å²) in [4.78, 5) is 10.3. The van der Waals surface area contributed by atoms with Crippen molar-refractivity contribution >= 4 is 17.1 Å². The summed E-state index contributed by atoms with van der Waals surface area (Å²) < 4.78 is 0. The first-order chi connectivity index (χ1) is 10.1. The van der Waals surface area contributed by atoms with Gasteiger partial charge in [0.2, 0.25) is 0 Å². The molecule has 0 amide bonds. The summed E-state index contributed by atoms with van der Waals surface area (Å²) in [5.74, 6) is 1.06. The van der Waals surface area contributed by atoms with E-state index in [-0.39, 0.29) is 11.6 Å². The second kappa shape index (κ2) is 5.01. The van der Waals surface area contributed by atoms with Crippen LogP contribution in [0.4, 0.5) is 5.69 Å². The fourth-order valence-electron chi connectivity index (χ4n) is 2.52. The molecule has 0 spiro atoms. The lowest BCUT2D eigenvalue weighted by Gasteiger charge is -2.18. The second-order valence-corrected chi connectivity index (χ2v) is 5.03. The van der Waals surface area contributed by atoms with Gasteiger partial charge in [-0.25, -0.2) is 9.97 Å². The summed E-state index contributed by atoms with van der Waals surface area (Å²) in [6.07, 6.45) is 0. The number of amidine groups is 1. The lowest BCUT2D eigenvalue weighted by Crippen LogP contribution is -2.26. The van der Waals surface area contributed by atoms with Gasteiger partial charge in [0.05, 0.1) is 17.8 Å². The summed E-state index contributed by atoms with van der Waals surface area (Å²) >= 11 is 0. The predicted molar refractivity (Wildman–Crippen MR) is 82.6 cm³/mol. The van der Waals surface area contributed by atoms with Crippen molar-refractivity contribution in [2.45, 2.75) is 13.8 Å². The Balaban J connectivity index is 2.00. The van der Waals surface area contributed by atoms with Gasteiger partial charge >= 0.3 is 0 Å². The Morgan fingerprint density at radius 3 is 2.52 bits per heavy atom. The molecule has 2 N–H and O–H groups in total. The quantitative estimate of drug-likeness (QED) is 0.887. The van der Waals surface area contributed by atoms with Crippen LogP contribution in [0.3, 0.4) is 0 Å². The molecule has 0 atom stereocenters. The molecule has 2 heterocycles. The van der Waals surface area contributed by atoms with Crippen molar-refractivity contribution in [3.05, 3.63) is 59.4 Å². The Labute approximate surface area is 123 Å². The van der Waals surface area contributed by atoms with Gasteiger partial charge in [0.1, 0.15) is 17.4 Å². The van der Waals surface area contributed by atoms with E-state index in [0.29, 0.717) is 23.6 Å². The number of aliphatic hydroxyl groups is 1. The first kappa shape index (κ1) is 13.3. The van der Waals surface area contributed by atoms with E-state index in [2.05, 4.69) is 9.97 Å². The van der Waals surface area contributed by atoms with Gasteiger partial charge in [-0.1, -0.05) is 18.2 Å². The van der Waals surface area contributed by atoms with Crippen LogP contribution in [0, 0.1) is 19.3 Å². The van der Waals surface area contributed by atoms with Gasteiger partial charge in [0.15, 0.2) is 0 Å². The van der Waals surface area contributed by atoms with Gasteiger partial charge in [0, 0.05) is 11.4 Å². The standard InChI is InChI=1S/C16H16N4O/c1-10-8-13(19-11(2)18-10)15-14(21)9-20(16(15)17)12-6-4-3-5-7-12/h3-8,17,21H,9H2,1-2H3. The minimum atomic E-state index is 0.168. The number of benzene rings is 1. The van der Waals surface area contributed by atoms with Gasteiger partial charge in [-0.15, -0.1) is 0 Å². The average Bonchev–Trinajstić information content (AvgIpc) is 2.74. The molecular formula is C16H16N4O. The van der Waals surface area contributed by atoms with E-state index in [1.54, 1.807) is 11.0 Å². The Morgan fingerprint density at radius 1 is 1.14 bits per heavy atom. The Bertz CT molecular complexity index is 717. The number of rotatable bonds is 2. The average molecular weight is 280 g/mol. The summed E-state index contributed by atoms with van der Waals surface area (Å²) in [7, 11) is 0. The summed E-state index contributed by atoms with van der Waals surface area (Å²) in [5.41, 5.74) is 2.78. The molecule has 5 heteroatoms. The highest BCUT2D eigenvalue weighted by Gasteiger charge is 2.30. The molecule has 0 fully saturated rings. The van der Waals surface area contributed by atoms with E-state index in [1.165, 1.54) is 0 Å². The van der Waals surface area contributed by atoms with Gasteiger partial charge in [-0.2, -0.15) is 0 Å². The molecule has 0 aliphatic carbocycles. The number of aromatic nitrogens is 2. The summed E-state index contributed by atoms with van der Waals surface area (Å²) in [6, 6.07) is 11.4.